The van der Waals surface area contributed by atoms with Gasteiger partial charge in [0.25, 0.3) is 0 Å². The van der Waals surface area contributed by atoms with Crippen LogP contribution in [0.15, 0.2) is 16.5 Å². The number of hydrogen-bond acceptors (Lipinski definition) is 6. The highest BCUT2D eigenvalue weighted by atomic mass is 28.4. The number of carbonyl (C=O) groups excluding carboxylic acids is 1. The highest BCUT2D eigenvalue weighted by Crippen LogP contribution is 2.44. The van der Waals surface area contributed by atoms with Gasteiger partial charge in [-0.3, -0.25) is 4.79 Å². The molecule has 0 radical (unpaired) electrons. The Morgan fingerprint density at radius 3 is 2.19 bits per heavy atom. The SMILES string of the molecule is Cc1ccc(CCC(=O)C[C@@H](O)[C@H]2O[C@@](C)(CO[Si](C)(C)C(C)(C)C)C[C@H]2O[Si](C)(C)C(C)(C)C)o1. The van der Waals surface area contributed by atoms with Gasteiger partial charge in [-0.15, -0.1) is 0 Å². The lowest BCUT2D eigenvalue weighted by atomic mass is 9.97. The molecule has 0 bridgehead atoms. The Bertz CT molecular complexity index is 879. The third-order valence-corrected chi connectivity index (χ3v) is 17.5. The van der Waals surface area contributed by atoms with E-state index in [0.717, 1.165) is 11.5 Å². The molecule has 0 amide bonds. The standard InChI is InChI=1S/C28H52O6Si2/c1-20-13-15-22(32-20)16-14-21(29)17-23(30)25-24(34-36(11,12)27(5,6)7)18-28(8,33-25)19-31-35(9,10)26(2,3)4/h13,15,23-25,30H,14,16-19H2,1-12H3/t23-,24-,25-,28-/m1/s1. The maximum atomic E-state index is 12.8. The number of furan rings is 1. The van der Waals surface area contributed by atoms with E-state index >= 15 is 0 Å². The largest absolute Gasteiger partial charge is 0.466 e. The summed E-state index contributed by atoms with van der Waals surface area (Å²) in [6.45, 7) is 26.6. The molecular formula is C28H52O6Si2. The van der Waals surface area contributed by atoms with Crippen LogP contribution in [0.5, 0.6) is 0 Å². The monoisotopic (exact) mass is 540 g/mol. The van der Waals surface area contributed by atoms with Crippen LogP contribution in [0.25, 0.3) is 0 Å². The predicted octanol–water partition coefficient (Wildman–Crippen LogP) is 6.80. The summed E-state index contributed by atoms with van der Waals surface area (Å²) in [5.74, 6) is 1.63. The summed E-state index contributed by atoms with van der Waals surface area (Å²) >= 11 is 0. The molecule has 1 fully saturated rings. The zero-order chi connectivity index (χ0) is 27.7. The second-order valence-corrected chi connectivity index (χ2v) is 23.6. The number of aliphatic hydroxyl groups excluding tert-OH is 1. The Morgan fingerprint density at radius 1 is 1.11 bits per heavy atom. The van der Waals surface area contributed by atoms with Crippen molar-refractivity contribution in [3.63, 3.8) is 0 Å². The Labute approximate surface area is 221 Å². The number of hydrogen-bond donors (Lipinski definition) is 1. The van der Waals surface area contributed by atoms with Crippen molar-refractivity contribution in [2.24, 2.45) is 0 Å². The van der Waals surface area contributed by atoms with Crippen molar-refractivity contribution < 1.29 is 27.9 Å². The molecule has 208 valence electrons. The lowest BCUT2D eigenvalue weighted by molar-refractivity contribution is -0.131. The number of rotatable bonds is 11. The van der Waals surface area contributed by atoms with Crippen LogP contribution in [-0.4, -0.2) is 58.0 Å². The van der Waals surface area contributed by atoms with E-state index < -0.39 is 34.4 Å². The summed E-state index contributed by atoms with van der Waals surface area (Å²) in [4.78, 5) is 12.8. The normalized spacial score (nSPS) is 24.8. The summed E-state index contributed by atoms with van der Waals surface area (Å²) in [5, 5.41) is 11.3. The van der Waals surface area contributed by atoms with Crippen molar-refractivity contribution in [1.82, 2.24) is 0 Å². The summed E-state index contributed by atoms with van der Waals surface area (Å²) in [6, 6.07) is 3.80. The van der Waals surface area contributed by atoms with Gasteiger partial charge in [-0.1, -0.05) is 41.5 Å². The van der Waals surface area contributed by atoms with Crippen molar-refractivity contribution >= 4 is 22.4 Å². The molecule has 1 saturated heterocycles. The maximum absolute atomic E-state index is 12.8. The van der Waals surface area contributed by atoms with E-state index in [1.54, 1.807) is 0 Å². The van der Waals surface area contributed by atoms with Gasteiger partial charge in [0.15, 0.2) is 16.6 Å². The van der Waals surface area contributed by atoms with Gasteiger partial charge < -0.3 is 23.1 Å². The molecule has 0 spiro atoms. The Balaban J connectivity index is 2.14. The summed E-state index contributed by atoms with van der Waals surface area (Å²) < 4.78 is 25.4. The van der Waals surface area contributed by atoms with E-state index in [1.807, 2.05) is 19.1 Å². The fourth-order valence-corrected chi connectivity index (χ4v) is 6.39. The predicted molar refractivity (Wildman–Crippen MR) is 151 cm³/mol. The second kappa shape index (κ2) is 11.1. The minimum atomic E-state index is -2.13. The molecule has 6 nitrogen and oxygen atoms in total. The molecule has 8 heteroatoms. The summed E-state index contributed by atoms with van der Waals surface area (Å²) in [6.07, 6.45) is -0.239. The molecule has 0 unspecified atom stereocenters. The maximum Gasteiger partial charge on any atom is 0.192 e. The first-order valence-corrected chi connectivity index (χ1v) is 19.2. The van der Waals surface area contributed by atoms with Crippen molar-refractivity contribution in [3.05, 3.63) is 23.7 Å². The number of ether oxygens (including phenoxy) is 1. The molecule has 0 aliphatic carbocycles. The summed E-state index contributed by atoms with van der Waals surface area (Å²) in [7, 11) is -4.10. The van der Waals surface area contributed by atoms with Crippen molar-refractivity contribution in [2.75, 3.05) is 6.61 Å². The van der Waals surface area contributed by atoms with Gasteiger partial charge in [-0.25, -0.2) is 0 Å². The number of Topliss-reactive ketones (excluding diaryl/α,β-unsaturated/α-hetero) is 1. The van der Waals surface area contributed by atoms with Gasteiger partial charge in [0.05, 0.1) is 24.4 Å². The van der Waals surface area contributed by atoms with Crippen LogP contribution in [0.2, 0.25) is 36.3 Å². The first-order chi connectivity index (χ1) is 16.2. The Hall–Kier alpha value is -0.776. The van der Waals surface area contributed by atoms with Crippen LogP contribution in [0.4, 0.5) is 0 Å². The van der Waals surface area contributed by atoms with Crippen LogP contribution < -0.4 is 0 Å². The summed E-state index contributed by atoms with van der Waals surface area (Å²) in [5.41, 5.74) is -0.580. The third-order valence-electron chi connectivity index (χ3n) is 8.48. The average Bonchev–Trinajstić information content (AvgIpc) is 3.26. The number of aliphatic hydroxyl groups is 1. The fraction of sp³-hybridized carbons (Fsp3) is 0.821. The van der Waals surface area contributed by atoms with Crippen molar-refractivity contribution in [1.29, 1.82) is 0 Å². The van der Waals surface area contributed by atoms with Gasteiger partial charge in [-0.05, 0) is 62.2 Å². The molecular weight excluding hydrogens is 488 g/mol. The smallest absolute Gasteiger partial charge is 0.192 e. The molecule has 1 aromatic rings. The zero-order valence-corrected chi connectivity index (χ0v) is 26.9. The average molecular weight is 541 g/mol. The van der Waals surface area contributed by atoms with Gasteiger partial charge >= 0.3 is 0 Å². The van der Waals surface area contributed by atoms with Crippen molar-refractivity contribution in [2.45, 2.75) is 141 Å². The zero-order valence-electron chi connectivity index (χ0n) is 24.9. The first-order valence-electron chi connectivity index (χ1n) is 13.4. The van der Waals surface area contributed by atoms with Crippen LogP contribution >= 0.6 is 0 Å². The van der Waals surface area contributed by atoms with Gasteiger partial charge in [0.2, 0.25) is 0 Å². The molecule has 1 N–H and O–H groups in total. The van der Waals surface area contributed by atoms with Gasteiger partial charge in [-0.2, -0.15) is 0 Å². The minimum Gasteiger partial charge on any atom is -0.466 e. The lowest BCUT2D eigenvalue weighted by Gasteiger charge is -2.40. The first kappa shape index (κ1) is 31.4. The fourth-order valence-electron chi connectivity index (χ4n) is 3.96. The molecule has 2 rings (SSSR count). The van der Waals surface area contributed by atoms with Crippen LogP contribution in [0.3, 0.4) is 0 Å². The van der Waals surface area contributed by atoms with E-state index in [0.29, 0.717) is 25.9 Å². The topological polar surface area (TPSA) is 78.1 Å². The third kappa shape index (κ3) is 8.11. The van der Waals surface area contributed by atoms with Crippen LogP contribution in [0, 0.1) is 6.92 Å². The lowest BCUT2D eigenvalue weighted by Crippen LogP contribution is -2.48. The number of aryl methyl sites for hydroxylation is 2. The molecule has 4 atom stereocenters. The highest BCUT2D eigenvalue weighted by Gasteiger charge is 2.52. The highest BCUT2D eigenvalue weighted by molar-refractivity contribution is 6.74. The minimum absolute atomic E-state index is 0.00245. The number of ketones is 1. The Morgan fingerprint density at radius 2 is 1.69 bits per heavy atom. The van der Waals surface area contributed by atoms with E-state index in [4.69, 9.17) is 18.0 Å². The molecule has 1 aliphatic rings. The Kier molecular flexibility index (Phi) is 9.73. The van der Waals surface area contributed by atoms with Gasteiger partial charge in [0.1, 0.15) is 23.4 Å². The molecule has 1 aromatic heterocycles. The van der Waals surface area contributed by atoms with E-state index in [1.165, 1.54) is 0 Å². The van der Waals surface area contributed by atoms with Crippen molar-refractivity contribution in [3.8, 4) is 0 Å². The molecule has 1 aliphatic heterocycles. The van der Waals surface area contributed by atoms with Gasteiger partial charge in [0, 0.05) is 25.7 Å². The number of carbonyl (C=O) groups is 1. The molecule has 0 saturated carbocycles. The van der Waals surface area contributed by atoms with Crippen LogP contribution in [0.1, 0.15) is 79.2 Å². The van der Waals surface area contributed by atoms with Crippen LogP contribution in [-0.2, 0) is 24.8 Å². The van der Waals surface area contributed by atoms with E-state index in [2.05, 4.69) is 74.7 Å². The second-order valence-electron chi connectivity index (χ2n) is 14.0. The molecule has 36 heavy (non-hydrogen) atoms. The van der Waals surface area contributed by atoms with E-state index in [9.17, 15) is 9.90 Å². The molecule has 2 heterocycles. The van der Waals surface area contributed by atoms with E-state index in [-0.39, 0.29) is 28.4 Å². The molecule has 0 aromatic carbocycles. The quantitative estimate of drug-likeness (QED) is 0.311.